The number of carbonyl (C=O) groups is 2. The fourth-order valence-electron chi connectivity index (χ4n) is 2.61. The highest BCUT2D eigenvalue weighted by Crippen LogP contribution is 2.23. The van der Waals surface area contributed by atoms with Gasteiger partial charge in [-0.3, -0.25) is 14.6 Å². The molecule has 3 atom stereocenters. The summed E-state index contributed by atoms with van der Waals surface area (Å²) in [6, 6.07) is 5.12. The first kappa shape index (κ1) is 15.5. The smallest absolute Gasteiger partial charge is 0.245 e. The Labute approximate surface area is 125 Å². The maximum atomic E-state index is 12.8. The van der Waals surface area contributed by atoms with Gasteiger partial charge in [0.05, 0.1) is 11.7 Å². The Morgan fingerprint density at radius 3 is 2.76 bits per heavy atom. The number of hydrogen-bond acceptors (Lipinski definition) is 3. The molecule has 0 radical (unpaired) electrons. The third-order valence-corrected chi connectivity index (χ3v) is 4.24. The van der Waals surface area contributed by atoms with E-state index in [4.69, 9.17) is 0 Å². The fraction of sp³-hybridized carbons (Fsp3) is 0.562. The lowest BCUT2D eigenvalue weighted by atomic mass is 9.97. The van der Waals surface area contributed by atoms with Crippen LogP contribution in [0.15, 0.2) is 24.4 Å². The molecule has 0 saturated carbocycles. The van der Waals surface area contributed by atoms with E-state index in [0.717, 1.165) is 12.1 Å². The molecule has 2 rings (SSSR count). The van der Waals surface area contributed by atoms with Crippen molar-refractivity contribution in [3.05, 3.63) is 30.1 Å². The Balaban J connectivity index is 2.25. The standard InChI is InChI=1S/C16H23N3O2/c1-4-11(2)15-16(21)19(10-8-14(20)18-15)12(3)13-7-5-6-9-17-13/h5-7,9,11-12,15H,4,8,10H2,1-3H3,(H,18,20). The predicted octanol–water partition coefficient (Wildman–Crippen LogP) is 1.91. The van der Waals surface area contributed by atoms with Crippen LogP contribution < -0.4 is 5.32 Å². The van der Waals surface area contributed by atoms with Crippen LogP contribution in [-0.2, 0) is 9.59 Å². The molecule has 2 heterocycles. The highest BCUT2D eigenvalue weighted by Gasteiger charge is 2.35. The Bertz CT molecular complexity index is 504. The van der Waals surface area contributed by atoms with E-state index in [1.54, 1.807) is 11.1 Å². The van der Waals surface area contributed by atoms with Gasteiger partial charge in [0, 0.05) is 19.2 Å². The van der Waals surface area contributed by atoms with Crippen LogP contribution in [0.4, 0.5) is 0 Å². The number of hydrogen-bond donors (Lipinski definition) is 1. The minimum absolute atomic E-state index is 0.00615. The molecule has 1 aliphatic rings. The van der Waals surface area contributed by atoms with E-state index in [9.17, 15) is 9.59 Å². The summed E-state index contributed by atoms with van der Waals surface area (Å²) in [5.41, 5.74) is 0.850. The quantitative estimate of drug-likeness (QED) is 0.921. The van der Waals surface area contributed by atoms with E-state index in [-0.39, 0.29) is 23.8 Å². The molecule has 0 aliphatic carbocycles. The Morgan fingerprint density at radius 1 is 1.38 bits per heavy atom. The van der Waals surface area contributed by atoms with E-state index < -0.39 is 6.04 Å². The molecule has 5 heteroatoms. The molecule has 21 heavy (non-hydrogen) atoms. The van der Waals surface area contributed by atoms with Crippen LogP contribution >= 0.6 is 0 Å². The second kappa shape index (κ2) is 6.70. The highest BCUT2D eigenvalue weighted by atomic mass is 16.2. The van der Waals surface area contributed by atoms with Crippen LogP contribution in [0, 0.1) is 5.92 Å². The third-order valence-electron chi connectivity index (χ3n) is 4.24. The van der Waals surface area contributed by atoms with Crippen LogP contribution in [0.3, 0.4) is 0 Å². The monoisotopic (exact) mass is 289 g/mol. The van der Waals surface area contributed by atoms with Gasteiger partial charge in [-0.15, -0.1) is 0 Å². The lowest BCUT2D eigenvalue weighted by Crippen LogP contribution is -2.48. The zero-order chi connectivity index (χ0) is 15.4. The van der Waals surface area contributed by atoms with Gasteiger partial charge in [0.25, 0.3) is 0 Å². The fourth-order valence-corrected chi connectivity index (χ4v) is 2.61. The van der Waals surface area contributed by atoms with Crippen LogP contribution in [-0.4, -0.2) is 34.3 Å². The first-order valence-corrected chi connectivity index (χ1v) is 7.55. The number of nitrogens with zero attached hydrogens (tertiary/aromatic N) is 2. The summed E-state index contributed by atoms with van der Waals surface area (Å²) in [4.78, 5) is 30.8. The van der Waals surface area contributed by atoms with Crippen molar-refractivity contribution in [3.8, 4) is 0 Å². The van der Waals surface area contributed by atoms with E-state index >= 15 is 0 Å². The summed E-state index contributed by atoms with van der Waals surface area (Å²) >= 11 is 0. The zero-order valence-corrected chi connectivity index (χ0v) is 12.9. The van der Waals surface area contributed by atoms with Crippen molar-refractivity contribution >= 4 is 11.8 Å². The molecule has 0 aromatic carbocycles. The third kappa shape index (κ3) is 3.40. The molecule has 1 fully saturated rings. The number of pyridine rings is 1. The van der Waals surface area contributed by atoms with E-state index in [1.807, 2.05) is 39.0 Å². The molecule has 2 amide bonds. The molecule has 1 saturated heterocycles. The minimum Gasteiger partial charge on any atom is -0.344 e. The summed E-state index contributed by atoms with van der Waals surface area (Å²) in [6.45, 7) is 6.43. The summed E-state index contributed by atoms with van der Waals surface area (Å²) in [5, 5.41) is 2.87. The van der Waals surface area contributed by atoms with Gasteiger partial charge in [-0.05, 0) is 25.0 Å². The van der Waals surface area contributed by atoms with Gasteiger partial charge < -0.3 is 10.2 Å². The van der Waals surface area contributed by atoms with Crippen LogP contribution in [0.5, 0.6) is 0 Å². The van der Waals surface area contributed by atoms with Gasteiger partial charge in [0.1, 0.15) is 6.04 Å². The van der Waals surface area contributed by atoms with E-state index in [1.165, 1.54) is 0 Å². The molecule has 114 valence electrons. The van der Waals surface area contributed by atoms with E-state index in [0.29, 0.717) is 13.0 Å². The minimum atomic E-state index is -0.434. The second-order valence-electron chi connectivity index (χ2n) is 5.64. The number of rotatable bonds is 4. The maximum absolute atomic E-state index is 12.8. The Hall–Kier alpha value is -1.91. The number of amides is 2. The molecular formula is C16H23N3O2. The number of carbonyl (C=O) groups excluding carboxylic acids is 2. The molecule has 5 nitrogen and oxygen atoms in total. The first-order chi connectivity index (χ1) is 10.0. The molecule has 1 aromatic heterocycles. The van der Waals surface area contributed by atoms with Crippen molar-refractivity contribution in [3.63, 3.8) is 0 Å². The van der Waals surface area contributed by atoms with Crippen molar-refractivity contribution in [1.29, 1.82) is 0 Å². The lowest BCUT2D eigenvalue weighted by Gasteiger charge is -2.31. The zero-order valence-electron chi connectivity index (χ0n) is 12.9. The van der Waals surface area contributed by atoms with Crippen molar-refractivity contribution in [2.45, 2.75) is 45.7 Å². The molecule has 3 unspecified atom stereocenters. The summed E-state index contributed by atoms with van der Waals surface area (Å²) in [5.74, 6) is 0.0655. The van der Waals surface area contributed by atoms with Gasteiger partial charge in [-0.25, -0.2) is 0 Å². The van der Waals surface area contributed by atoms with Crippen molar-refractivity contribution in [2.24, 2.45) is 5.92 Å². The molecule has 0 bridgehead atoms. The normalized spacial score (nSPS) is 22.4. The van der Waals surface area contributed by atoms with Crippen molar-refractivity contribution in [1.82, 2.24) is 15.2 Å². The molecule has 0 spiro atoms. The topological polar surface area (TPSA) is 62.3 Å². The van der Waals surface area contributed by atoms with Gasteiger partial charge in [-0.2, -0.15) is 0 Å². The largest absolute Gasteiger partial charge is 0.344 e. The average molecular weight is 289 g/mol. The van der Waals surface area contributed by atoms with Gasteiger partial charge in [0.15, 0.2) is 0 Å². The first-order valence-electron chi connectivity index (χ1n) is 7.55. The molecule has 1 aromatic rings. The molecule has 1 aliphatic heterocycles. The predicted molar refractivity (Wildman–Crippen MR) is 80.4 cm³/mol. The number of aromatic nitrogens is 1. The van der Waals surface area contributed by atoms with Crippen molar-refractivity contribution in [2.75, 3.05) is 6.54 Å². The van der Waals surface area contributed by atoms with Gasteiger partial charge in [0.2, 0.25) is 11.8 Å². The van der Waals surface area contributed by atoms with E-state index in [2.05, 4.69) is 10.3 Å². The van der Waals surface area contributed by atoms with Gasteiger partial charge in [-0.1, -0.05) is 26.3 Å². The molecular weight excluding hydrogens is 266 g/mol. The van der Waals surface area contributed by atoms with Crippen molar-refractivity contribution < 1.29 is 9.59 Å². The Kier molecular flexibility index (Phi) is 4.94. The summed E-state index contributed by atoms with van der Waals surface area (Å²) in [6.07, 6.45) is 2.92. The Morgan fingerprint density at radius 2 is 2.14 bits per heavy atom. The molecule has 1 N–H and O–H groups in total. The SMILES string of the molecule is CCC(C)C1NC(=O)CCN(C(C)c2ccccn2)C1=O. The number of nitrogens with one attached hydrogen (secondary N) is 1. The second-order valence-corrected chi connectivity index (χ2v) is 5.64. The summed E-state index contributed by atoms with van der Waals surface area (Å²) < 4.78 is 0. The maximum Gasteiger partial charge on any atom is 0.245 e. The highest BCUT2D eigenvalue weighted by molar-refractivity contribution is 5.90. The average Bonchev–Trinajstić information content (AvgIpc) is 2.66. The summed E-state index contributed by atoms with van der Waals surface area (Å²) in [7, 11) is 0. The lowest BCUT2D eigenvalue weighted by molar-refractivity contribution is -0.136. The van der Waals surface area contributed by atoms with Crippen LogP contribution in [0.25, 0.3) is 0 Å². The van der Waals surface area contributed by atoms with Crippen LogP contribution in [0.2, 0.25) is 0 Å². The van der Waals surface area contributed by atoms with Gasteiger partial charge >= 0.3 is 0 Å². The van der Waals surface area contributed by atoms with Crippen LogP contribution in [0.1, 0.15) is 45.3 Å².